The van der Waals surface area contributed by atoms with Gasteiger partial charge in [0.2, 0.25) is 5.91 Å². The zero-order valence-electron chi connectivity index (χ0n) is 10.3. The second-order valence-corrected chi connectivity index (χ2v) is 4.20. The highest BCUT2D eigenvalue weighted by Crippen LogP contribution is 2.09. The van der Waals surface area contributed by atoms with Crippen LogP contribution in [0.25, 0.3) is 0 Å². The Balaban J connectivity index is 1.84. The van der Waals surface area contributed by atoms with Gasteiger partial charge in [-0.3, -0.25) is 9.78 Å². The average molecular weight is 257 g/mol. The highest BCUT2D eigenvalue weighted by Gasteiger charge is 2.04. The van der Waals surface area contributed by atoms with Gasteiger partial charge in [0.15, 0.2) is 0 Å². The minimum Gasteiger partial charge on any atom is -0.508 e. The lowest BCUT2D eigenvalue weighted by molar-refractivity contribution is -0.120. The lowest BCUT2D eigenvalue weighted by atomic mass is 10.2. The van der Waals surface area contributed by atoms with E-state index in [0.29, 0.717) is 17.9 Å². The molecule has 2 aromatic rings. The first kappa shape index (κ1) is 12.9. The minimum atomic E-state index is -0.106. The van der Waals surface area contributed by atoms with Crippen LogP contribution in [0, 0.1) is 0 Å². The molecular formula is C14H15N3O2. The zero-order chi connectivity index (χ0) is 13.7. The van der Waals surface area contributed by atoms with Crippen LogP contribution in [0.3, 0.4) is 0 Å². The van der Waals surface area contributed by atoms with Crippen LogP contribution in [0.4, 0.5) is 5.69 Å². The van der Waals surface area contributed by atoms with E-state index in [-0.39, 0.29) is 18.1 Å². The number of nitrogens with one attached hydrogen (secondary N) is 1. The maximum absolute atomic E-state index is 11.7. The van der Waals surface area contributed by atoms with Gasteiger partial charge in [-0.05, 0) is 29.8 Å². The molecule has 0 aliphatic rings. The topological polar surface area (TPSA) is 88.2 Å². The number of phenols is 1. The number of benzene rings is 1. The molecule has 0 aliphatic carbocycles. The SMILES string of the molecule is Nc1ccc(CC(=O)NCc2ccc(O)cc2)nc1. The van der Waals surface area contributed by atoms with Crippen LogP contribution < -0.4 is 11.1 Å². The third-order valence-corrected chi connectivity index (χ3v) is 2.62. The summed E-state index contributed by atoms with van der Waals surface area (Å²) in [7, 11) is 0. The number of carbonyl (C=O) groups is 1. The number of nitrogen functional groups attached to an aromatic ring is 1. The Labute approximate surface area is 111 Å². The summed E-state index contributed by atoms with van der Waals surface area (Å²) in [6.45, 7) is 0.425. The zero-order valence-corrected chi connectivity index (χ0v) is 10.3. The summed E-state index contributed by atoms with van der Waals surface area (Å²) >= 11 is 0. The number of aromatic nitrogens is 1. The molecule has 0 unspecified atom stereocenters. The molecule has 0 bridgehead atoms. The summed E-state index contributed by atoms with van der Waals surface area (Å²) in [6, 6.07) is 10.1. The van der Waals surface area contributed by atoms with Crippen molar-refractivity contribution >= 4 is 11.6 Å². The second kappa shape index (κ2) is 5.86. The average Bonchev–Trinajstić information content (AvgIpc) is 2.41. The lowest BCUT2D eigenvalue weighted by Gasteiger charge is -2.05. The molecule has 19 heavy (non-hydrogen) atoms. The van der Waals surface area contributed by atoms with Gasteiger partial charge in [-0.2, -0.15) is 0 Å². The maximum atomic E-state index is 11.7. The van der Waals surface area contributed by atoms with E-state index in [2.05, 4.69) is 10.3 Å². The summed E-state index contributed by atoms with van der Waals surface area (Å²) < 4.78 is 0. The van der Waals surface area contributed by atoms with E-state index < -0.39 is 0 Å². The fourth-order valence-electron chi connectivity index (χ4n) is 1.58. The number of aromatic hydroxyl groups is 1. The van der Waals surface area contributed by atoms with Crippen LogP contribution >= 0.6 is 0 Å². The fraction of sp³-hybridized carbons (Fsp3) is 0.143. The van der Waals surface area contributed by atoms with E-state index in [4.69, 9.17) is 10.8 Å². The molecule has 0 aliphatic heterocycles. The van der Waals surface area contributed by atoms with Crippen molar-refractivity contribution in [3.63, 3.8) is 0 Å². The number of hydrogen-bond donors (Lipinski definition) is 3. The molecule has 0 spiro atoms. The first-order chi connectivity index (χ1) is 9.13. The number of carbonyl (C=O) groups excluding carboxylic acids is 1. The number of anilines is 1. The minimum absolute atomic E-state index is 0.106. The molecule has 0 atom stereocenters. The Kier molecular flexibility index (Phi) is 3.97. The van der Waals surface area contributed by atoms with Crippen molar-refractivity contribution in [1.29, 1.82) is 0 Å². The van der Waals surface area contributed by atoms with E-state index in [0.717, 1.165) is 5.56 Å². The molecule has 1 heterocycles. The van der Waals surface area contributed by atoms with Crippen LogP contribution in [0.1, 0.15) is 11.3 Å². The molecule has 98 valence electrons. The monoisotopic (exact) mass is 257 g/mol. The summed E-state index contributed by atoms with van der Waals surface area (Å²) in [5.41, 5.74) is 7.70. The number of nitrogens with two attached hydrogens (primary N) is 1. The van der Waals surface area contributed by atoms with E-state index in [1.165, 1.54) is 6.20 Å². The number of pyridine rings is 1. The van der Waals surface area contributed by atoms with Crippen molar-refractivity contribution in [3.05, 3.63) is 53.9 Å². The molecule has 1 amide bonds. The first-order valence-electron chi connectivity index (χ1n) is 5.88. The highest BCUT2D eigenvalue weighted by molar-refractivity contribution is 5.78. The van der Waals surface area contributed by atoms with E-state index in [9.17, 15) is 4.79 Å². The van der Waals surface area contributed by atoms with Gasteiger partial charge in [-0.15, -0.1) is 0 Å². The van der Waals surface area contributed by atoms with Crippen molar-refractivity contribution in [3.8, 4) is 5.75 Å². The van der Waals surface area contributed by atoms with Crippen LogP contribution in [-0.4, -0.2) is 16.0 Å². The van der Waals surface area contributed by atoms with E-state index >= 15 is 0 Å². The number of hydrogen-bond acceptors (Lipinski definition) is 4. The fourth-order valence-corrected chi connectivity index (χ4v) is 1.58. The van der Waals surface area contributed by atoms with Crippen LogP contribution in [0.2, 0.25) is 0 Å². The van der Waals surface area contributed by atoms with Gasteiger partial charge in [0.05, 0.1) is 18.3 Å². The predicted octanol–water partition coefficient (Wildman–Crippen LogP) is 1.23. The second-order valence-electron chi connectivity index (χ2n) is 4.20. The summed E-state index contributed by atoms with van der Waals surface area (Å²) in [4.78, 5) is 15.8. The van der Waals surface area contributed by atoms with Crippen molar-refractivity contribution in [2.24, 2.45) is 0 Å². The lowest BCUT2D eigenvalue weighted by Crippen LogP contribution is -2.24. The quantitative estimate of drug-likeness (QED) is 0.768. The molecule has 0 saturated heterocycles. The normalized spacial score (nSPS) is 10.1. The number of amides is 1. The van der Waals surface area contributed by atoms with Crippen molar-refractivity contribution in [2.75, 3.05) is 5.73 Å². The molecule has 2 rings (SSSR count). The smallest absolute Gasteiger partial charge is 0.226 e. The Morgan fingerprint density at radius 3 is 2.58 bits per heavy atom. The van der Waals surface area contributed by atoms with Crippen molar-refractivity contribution in [1.82, 2.24) is 10.3 Å². The van der Waals surface area contributed by atoms with Crippen LogP contribution in [0.15, 0.2) is 42.6 Å². The Morgan fingerprint density at radius 2 is 1.95 bits per heavy atom. The molecule has 5 nitrogen and oxygen atoms in total. The Morgan fingerprint density at radius 1 is 1.21 bits per heavy atom. The third kappa shape index (κ3) is 3.99. The summed E-state index contributed by atoms with van der Waals surface area (Å²) in [6.07, 6.45) is 1.75. The number of nitrogens with zero attached hydrogens (tertiary/aromatic N) is 1. The molecule has 5 heteroatoms. The molecule has 0 radical (unpaired) electrons. The van der Waals surface area contributed by atoms with Gasteiger partial charge in [-0.1, -0.05) is 12.1 Å². The molecule has 0 fully saturated rings. The van der Waals surface area contributed by atoms with Gasteiger partial charge >= 0.3 is 0 Å². The Bertz CT molecular complexity index is 550. The van der Waals surface area contributed by atoms with Gasteiger partial charge in [0, 0.05) is 12.2 Å². The van der Waals surface area contributed by atoms with Gasteiger partial charge in [0.25, 0.3) is 0 Å². The molecule has 4 N–H and O–H groups in total. The van der Waals surface area contributed by atoms with E-state index in [1.54, 1.807) is 36.4 Å². The van der Waals surface area contributed by atoms with Crippen molar-refractivity contribution < 1.29 is 9.90 Å². The van der Waals surface area contributed by atoms with E-state index in [1.807, 2.05) is 0 Å². The molecule has 1 aromatic carbocycles. The molecular weight excluding hydrogens is 242 g/mol. The number of rotatable bonds is 4. The van der Waals surface area contributed by atoms with Gasteiger partial charge in [-0.25, -0.2) is 0 Å². The van der Waals surface area contributed by atoms with Crippen molar-refractivity contribution in [2.45, 2.75) is 13.0 Å². The summed E-state index contributed by atoms with van der Waals surface area (Å²) in [5.74, 6) is 0.103. The standard InChI is InChI=1S/C14H15N3O2/c15-11-3-4-12(16-9-11)7-14(19)17-8-10-1-5-13(18)6-2-10/h1-6,9,18H,7-8,15H2,(H,17,19). The molecule has 0 saturated carbocycles. The predicted molar refractivity (Wildman–Crippen MR) is 72.3 cm³/mol. The van der Waals surface area contributed by atoms with Crippen LogP contribution in [0.5, 0.6) is 5.75 Å². The highest BCUT2D eigenvalue weighted by atomic mass is 16.3. The first-order valence-corrected chi connectivity index (χ1v) is 5.88. The van der Waals surface area contributed by atoms with Gasteiger partial charge < -0.3 is 16.2 Å². The number of phenolic OH excluding ortho intramolecular Hbond substituents is 1. The molecule has 1 aromatic heterocycles. The summed E-state index contributed by atoms with van der Waals surface area (Å²) in [5, 5.41) is 11.9. The Hall–Kier alpha value is -2.56. The van der Waals surface area contributed by atoms with Crippen LogP contribution in [-0.2, 0) is 17.8 Å². The third-order valence-electron chi connectivity index (χ3n) is 2.62. The van der Waals surface area contributed by atoms with Gasteiger partial charge in [0.1, 0.15) is 5.75 Å². The largest absolute Gasteiger partial charge is 0.508 e. The maximum Gasteiger partial charge on any atom is 0.226 e.